The van der Waals surface area contributed by atoms with E-state index >= 15 is 0 Å². The quantitative estimate of drug-likeness (QED) is 0.731. The third-order valence-corrected chi connectivity index (χ3v) is 2.29. The Morgan fingerprint density at radius 3 is 2.80 bits per heavy atom. The molecule has 0 aliphatic rings. The lowest BCUT2D eigenvalue weighted by atomic mass is 10.3. The third kappa shape index (κ3) is 1.25. The van der Waals surface area contributed by atoms with Crippen molar-refractivity contribution in [2.45, 2.75) is 6.92 Å². The van der Waals surface area contributed by atoms with Gasteiger partial charge in [0.1, 0.15) is 0 Å². The van der Waals surface area contributed by atoms with Gasteiger partial charge in [-0.3, -0.25) is 4.98 Å². The highest BCUT2D eigenvalue weighted by atomic mass is 79.9. The summed E-state index contributed by atoms with van der Waals surface area (Å²) >= 11 is 8.97. The molecule has 10 heavy (non-hydrogen) atoms. The van der Waals surface area contributed by atoms with Gasteiger partial charge in [-0.1, -0.05) is 11.6 Å². The second-order valence-corrected chi connectivity index (χ2v) is 3.15. The maximum atomic E-state index is 5.77. The van der Waals surface area contributed by atoms with Gasteiger partial charge in [0.2, 0.25) is 0 Å². The minimum Gasteiger partial charge on any atom is -0.397 e. The molecule has 0 spiro atoms. The van der Waals surface area contributed by atoms with E-state index in [0.717, 1.165) is 10.2 Å². The normalized spacial score (nSPS) is 9.90. The number of aromatic nitrogens is 1. The minimum absolute atomic E-state index is 0.523. The lowest BCUT2D eigenvalue weighted by Crippen LogP contribution is -1.92. The largest absolute Gasteiger partial charge is 0.397 e. The van der Waals surface area contributed by atoms with Gasteiger partial charge in [-0.25, -0.2) is 0 Å². The van der Waals surface area contributed by atoms with Gasteiger partial charge >= 0.3 is 0 Å². The molecule has 0 radical (unpaired) electrons. The number of nitrogens with zero attached hydrogens (tertiary/aromatic N) is 1. The Kier molecular flexibility index (Phi) is 2.16. The lowest BCUT2D eigenvalue weighted by Gasteiger charge is -2.01. The van der Waals surface area contributed by atoms with E-state index < -0.39 is 0 Å². The van der Waals surface area contributed by atoms with Crippen molar-refractivity contribution in [1.29, 1.82) is 0 Å². The van der Waals surface area contributed by atoms with Crippen molar-refractivity contribution in [3.63, 3.8) is 0 Å². The molecule has 1 aromatic heterocycles. The summed E-state index contributed by atoms with van der Waals surface area (Å²) in [4.78, 5) is 3.98. The first-order valence-electron chi connectivity index (χ1n) is 2.69. The zero-order valence-corrected chi connectivity index (χ0v) is 7.70. The lowest BCUT2D eigenvalue weighted by molar-refractivity contribution is 1.19. The summed E-state index contributed by atoms with van der Waals surface area (Å²) in [6.45, 7) is 1.81. The predicted octanol–water partition coefficient (Wildman–Crippen LogP) is 2.39. The van der Waals surface area contributed by atoms with E-state index in [9.17, 15) is 0 Å². The van der Waals surface area contributed by atoms with Crippen molar-refractivity contribution < 1.29 is 0 Å². The second kappa shape index (κ2) is 2.76. The monoisotopic (exact) mass is 220 g/mol. The summed E-state index contributed by atoms with van der Waals surface area (Å²) in [6.07, 6.45) is 1.64. The average Bonchev–Trinajstić information content (AvgIpc) is 1.93. The zero-order chi connectivity index (χ0) is 7.72. The molecule has 0 bridgehead atoms. The van der Waals surface area contributed by atoms with Crippen LogP contribution in [-0.2, 0) is 0 Å². The molecule has 1 aromatic rings. The van der Waals surface area contributed by atoms with E-state index in [0.29, 0.717) is 10.7 Å². The van der Waals surface area contributed by atoms with Crippen molar-refractivity contribution in [2.75, 3.05) is 5.73 Å². The van der Waals surface area contributed by atoms with Gasteiger partial charge in [0, 0.05) is 6.20 Å². The first kappa shape index (κ1) is 7.82. The highest BCUT2D eigenvalue weighted by Gasteiger charge is 2.03. The van der Waals surface area contributed by atoms with Crippen molar-refractivity contribution in [3.8, 4) is 0 Å². The van der Waals surface area contributed by atoms with Gasteiger partial charge < -0.3 is 5.73 Å². The van der Waals surface area contributed by atoms with Crippen LogP contribution in [0.3, 0.4) is 0 Å². The average molecular weight is 221 g/mol. The number of halogens is 2. The highest BCUT2D eigenvalue weighted by molar-refractivity contribution is 9.10. The molecule has 0 aliphatic heterocycles. The van der Waals surface area contributed by atoms with Gasteiger partial charge in [0.05, 0.1) is 20.9 Å². The molecule has 0 amide bonds. The van der Waals surface area contributed by atoms with Crippen LogP contribution in [-0.4, -0.2) is 4.98 Å². The molecule has 0 unspecified atom stereocenters. The molecule has 0 aromatic carbocycles. The summed E-state index contributed by atoms with van der Waals surface area (Å²) in [6, 6.07) is 0. The predicted molar refractivity (Wildman–Crippen MR) is 46.1 cm³/mol. The number of aryl methyl sites for hydroxylation is 1. The van der Waals surface area contributed by atoms with Crippen LogP contribution in [0.1, 0.15) is 5.69 Å². The van der Waals surface area contributed by atoms with Crippen molar-refractivity contribution >= 4 is 33.2 Å². The van der Waals surface area contributed by atoms with Gasteiger partial charge in [0.25, 0.3) is 0 Å². The minimum atomic E-state index is 0.523. The summed E-state index contributed by atoms with van der Waals surface area (Å²) in [5.41, 5.74) is 6.87. The SMILES string of the molecule is Cc1ncc(Br)c(N)c1Cl. The van der Waals surface area contributed by atoms with E-state index in [2.05, 4.69) is 20.9 Å². The second-order valence-electron chi connectivity index (χ2n) is 1.92. The number of hydrogen-bond donors (Lipinski definition) is 1. The maximum Gasteiger partial charge on any atom is 0.0859 e. The van der Waals surface area contributed by atoms with Crippen LogP contribution < -0.4 is 5.73 Å². The molecule has 1 heterocycles. The number of nitrogens with two attached hydrogens (primary N) is 1. The van der Waals surface area contributed by atoms with Gasteiger partial charge in [0.15, 0.2) is 0 Å². The van der Waals surface area contributed by atoms with Gasteiger partial charge in [-0.15, -0.1) is 0 Å². The van der Waals surface area contributed by atoms with Crippen molar-refractivity contribution in [2.24, 2.45) is 0 Å². The van der Waals surface area contributed by atoms with Gasteiger partial charge in [-0.2, -0.15) is 0 Å². The molecule has 0 atom stereocenters. The molecule has 1 rings (SSSR count). The zero-order valence-electron chi connectivity index (χ0n) is 5.36. The smallest absolute Gasteiger partial charge is 0.0859 e. The molecule has 0 fully saturated rings. The third-order valence-electron chi connectivity index (χ3n) is 1.18. The van der Waals surface area contributed by atoms with Crippen LogP contribution in [0, 0.1) is 6.92 Å². The van der Waals surface area contributed by atoms with E-state index in [4.69, 9.17) is 17.3 Å². The maximum absolute atomic E-state index is 5.77. The molecular weight excluding hydrogens is 215 g/mol. The molecule has 2 nitrogen and oxygen atoms in total. The fourth-order valence-corrected chi connectivity index (χ4v) is 1.14. The fraction of sp³-hybridized carbons (Fsp3) is 0.167. The van der Waals surface area contributed by atoms with E-state index in [1.807, 2.05) is 6.92 Å². The standard InChI is InChI=1S/C6H6BrClN2/c1-3-5(8)6(9)4(7)2-10-3/h2H,1H3,(H2,9,10). The molecule has 0 saturated carbocycles. The number of rotatable bonds is 0. The Hall–Kier alpha value is -0.280. The van der Waals surface area contributed by atoms with Crippen LogP contribution in [0.4, 0.5) is 5.69 Å². The van der Waals surface area contributed by atoms with E-state index in [1.165, 1.54) is 0 Å². The van der Waals surface area contributed by atoms with Crippen molar-refractivity contribution in [1.82, 2.24) is 4.98 Å². The number of pyridine rings is 1. The summed E-state index contributed by atoms with van der Waals surface area (Å²) < 4.78 is 0.739. The Morgan fingerprint density at radius 1 is 1.70 bits per heavy atom. The molecule has 54 valence electrons. The van der Waals surface area contributed by atoms with Crippen LogP contribution >= 0.6 is 27.5 Å². The summed E-state index contributed by atoms with van der Waals surface area (Å²) in [5, 5.41) is 0.523. The molecular formula is C6H6BrClN2. The topological polar surface area (TPSA) is 38.9 Å². The van der Waals surface area contributed by atoms with Gasteiger partial charge in [-0.05, 0) is 22.9 Å². The first-order valence-corrected chi connectivity index (χ1v) is 3.86. The Morgan fingerprint density at radius 2 is 2.30 bits per heavy atom. The number of nitrogen functional groups attached to an aromatic ring is 1. The number of hydrogen-bond acceptors (Lipinski definition) is 2. The molecule has 0 aliphatic carbocycles. The highest BCUT2D eigenvalue weighted by Crippen LogP contribution is 2.27. The molecule has 2 N–H and O–H groups in total. The fourth-order valence-electron chi connectivity index (χ4n) is 0.579. The molecule has 4 heteroatoms. The van der Waals surface area contributed by atoms with Crippen molar-refractivity contribution in [3.05, 3.63) is 21.4 Å². The van der Waals surface area contributed by atoms with E-state index in [1.54, 1.807) is 6.20 Å². The summed E-state index contributed by atoms with van der Waals surface area (Å²) in [7, 11) is 0. The molecule has 0 saturated heterocycles. The Bertz CT molecular complexity index is 235. The number of anilines is 1. The van der Waals surface area contributed by atoms with Crippen LogP contribution in [0.2, 0.25) is 5.02 Å². The Labute approximate surface area is 72.5 Å². The van der Waals surface area contributed by atoms with Crippen LogP contribution in [0.15, 0.2) is 10.7 Å². The summed E-state index contributed by atoms with van der Waals surface area (Å²) in [5.74, 6) is 0. The van der Waals surface area contributed by atoms with Crippen LogP contribution in [0.25, 0.3) is 0 Å². The van der Waals surface area contributed by atoms with E-state index in [-0.39, 0.29) is 0 Å². The van der Waals surface area contributed by atoms with Crippen LogP contribution in [0.5, 0.6) is 0 Å². The first-order chi connectivity index (χ1) is 4.63. The Balaban J connectivity index is 3.34.